The van der Waals surface area contributed by atoms with Gasteiger partial charge in [0.2, 0.25) is 5.91 Å². The number of aryl methyl sites for hydroxylation is 1. The van der Waals surface area contributed by atoms with Gasteiger partial charge in [0, 0.05) is 6.20 Å². The summed E-state index contributed by atoms with van der Waals surface area (Å²) in [6, 6.07) is 9.85. The van der Waals surface area contributed by atoms with Gasteiger partial charge in [0.05, 0.1) is 26.7 Å². The Balaban J connectivity index is 1.87. The van der Waals surface area contributed by atoms with Gasteiger partial charge in [-0.2, -0.15) is 0 Å². The maximum absolute atomic E-state index is 13.0. The minimum atomic E-state index is -0.00298. The van der Waals surface area contributed by atoms with E-state index < -0.39 is 0 Å². The van der Waals surface area contributed by atoms with Crippen molar-refractivity contribution in [3.05, 3.63) is 53.1 Å². The predicted molar refractivity (Wildman–Crippen MR) is 105 cm³/mol. The van der Waals surface area contributed by atoms with Crippen molar-refractivity contribution >= 4 is 5.91 Å². The third-order valence-electron chi connectivity index (χ3n) is 5.05. The van der Waals surface area contributed by atoms with Crippen molar-refractivity contribution in [2.45, 2.75) is 51.5 Å². The number of methoxy groups -OCH3 is 2. The molecule has 1 aromatic heterocycles. The number of nitrogens with zero attached hydrogens (tertiary/aromatic N) is 2. The van der Waals surface area contributed by atoms with Crippen LogP contribution < -0.4 is 15.0 Å². The number of hydrogen-bond donors (Lipinski definition) is 0. The van der Waals surface area contributed by atoms with Crippen LogP contribution in [0.3, 0.4) is 0 Å². The molecular weight excluding hydrogens is 340 g/mol. The van der Waals surface area contributed by atoms with Crippen LogP contribution in [0.1, 0.15) is 48.0 Å². The van der Waals surface area contributed by atoms with Crippen LogP contribution in [0.5, 0.6) is 11.5 Å². The van der Waals surface area contributed by atoms with Crippen LogP contribution in [0, 0.1) is 6.92 Å². The fourth-order valence-electron chi connectivity index (χ4n) is 3.55. The Morgan fingerprint density at radius 3 is 2.52 bits per heavy atom. The van der Waals surface area contributed by atoms with Crippen molar-refractivity contribution in [2.75, 3.05) is 14.2 Å². The monoisotopic (exact) mass is 368 g/mol. The minimum Gasteiger partial charge on any atom is -0.493 e. The van der Waals surface area contributed by atoms with Gasteiger partial charge in [-0.05, 0) is 55.2 Å². The third-order valence-corrected chi connectivity index (χ3v) is 5.05. The van der Waals surface area contributed by atoms with Crippen LogP contribution in [0.2, 0.25) is 0 Å². The highest BCUT2D eigenvalue weighted by atomic mass is 16.5. The molecule has 5 heteroatoms. The van der Waals surface area contributed by atoms with E-state index in [-0.39, 0.29) is 12.3 Å². The first-order chi connectivity index (χ1) is 13.1. The maximum Gasteiger partial charge on any atom is 0.236 e. The Morgan fingerprint density at radius 2 is 1.81 bits per heavy atom. The van der Waals surface area contributed by atoms with E-state index >= 15 is 0 Å². The van der Waals surface area contributed by atoms with E-state index in [1.54, 1.807) is 18.8 Å². The second-order valence-electron chi connectivity index (χ2n) is 7.11. The highest BCUT2D eigenvalue weighted by Crippen LogP contribution is 2.27. The molecule has 1 saturated carbocycles. The fourth-order valence-corrected chi connectivity index (χ4v) is 3.55. The Hall–Kier alpha value is -2.56. The first-order valence-corrected chi connectivity index (χ1v) is 9.58. The zero-order chi connectivity index (χ0) is 19.2. The van der Waals surface area contributed by atoms with Gasteiger partial charge in [0.1, 0.15) is 5.49 Å². The topological polar surface area (TPSA) is 52.8 Å². The number of benzene rings is 1. The summed E-state index contributed by atoms with van der Waals surface area (Å²) in [6.45, 7) is 2.03. The van der Waals surface area contributed by atoms with E-state index in [1.807, 2.05) is 43.5 Å². The fraction of sp³-hybridized carbons (Fsp3) is 0.455. The molecule has 1 aromatic carbocycles. The molecule has 5 nitrogen and oxygen atoms in total. The summed E-state index contributed by atoms with van der Waals surface area (Å²) >= 11 is 0. The third kappa shape index (κ3) is 4.79. The molecule has 144 valence electrons. The van der Waals surface area contributed by atoms with Gasteiger partial charge in [-0.1, -0.05) is 25.3 Å². The molecule has 1 fully saturated rings. The summed E-state index contributed by atoms with van der Waals surface area (Å²) in [4.78, 5) is 17.9. The number of carbonyl (C=O) groups excluding carboxylic acids is 1. The molecule has 3 rings (SSSR count). The highest BCUT2D eigenvalue weighted by Gasteiger charge is 2.14. The first kappa shape index (κ1) is 19.2. The van der Waals surface area contributed by atoms with Crippen LogP contribution in [-0.2, 0) is 6.42 Å². The highest BCUT2D eigenvalue weighted by molar-refractivity contribution is 5.81. The molecule has 1 aliphatic carbocycles. The molecule has 0 unspecified atom stereocenters. The Kier molecular flexibility index (Phi) is 6.32. The summed E-state index contributed by atoms with van der Waals surface area (Å²) in [5.74, 6) is 1.28. The second kappa shape index (κ2) is 8.89. The molecule has 1 aliphatic rings. The molecule has 0 atom stereocenters. The van der Waals surface area contributed by atoms with Crippen LogP contribution in [0.4, 0.5) is 0 Å². The lowest BCUT2D eigenvalue weighted by atomic mass is 9.96. The standard InChI is InChI=1S/C22H28N2O3/c1-16-11-12-24(21(13-16)23-18-7-5-4-6-8-18)22(25)15-17-9-10-19(26-2)20(14-17)27-3/h9-14,18H,4-8,15H2,1-3H3. The van der Waals surface area contributed by atoms with Crippen LogP contribution >= 0.6 is 0 Å². The summed E-state index contributed by atoms with van der Waals surface area (Å²) < 4.78 is 12.3. The van der Waals surface area contributed by atoms with Crippen LogP contribution in [0.25, 0.3) is 0 Å². The lowest BCUT2D eigenvalue weighted by Gasteiger charge is -2.18. The number of carbonyl (C=O) groups is 1. The van der Waals surface area contributed by atoms with Crippen molar-refractivity contribution in [3.63, 3.8) is 0 Å². The van der Waals surface area contributed by atoms with E-state index in [0.717, 1.165) is 29.5 Å². The van der Waals surface area contributed by atoms with Crippen molar-refractivity contribution in [1.29, 1.82) is 0 Å². The predicted octanol–water partition coefficient (Wildman–Crippen LogP) is 3.93. The lowest BCUT2D eigenvalue weighted by Crippen LogP contribution is -2.30. The molecule has 0 bridgehead atoms. The Labute approximate surface area is 160 Å². The summed E-state index contributed by atoms with van der Waals surface area (Å²) in [5, 5.41) is 0. The summed E-state index contributed by atoms with van der Waals surface area (Å²) in [7, 11) is 3.20. The van der Waals surface area contributed by atoms with Crippen molar-refractivity contribution in [2.24, 2.45) is 4.99 Å². The van der Waals surface area contributed by atoms with E-state index in [1.165, 1.54) is 19.3 Å². The van der Waals surface area contributed by atoms with Gasteiger partial charge in [-0.25, -0.2) is 0 Å². The van der Waals surface area contributed by atoms with Crippen molar-refractivity contribution in [3.8, 4) is 11.5 Å². The Morgan fingerprint density at radius 1 is 1.07 bits per heavy atom. The van der Waals surface area contributed by atoms with Crippen molar-refractivity contribution < 1.29 is 14.3 Å². The SMILES string of the molecule is COc1ccc(CC(=O)n2ccc(C)cc2=NC2CCCCC2)cc1OC. The smallest absolute Gasteiger partial charge is 0.236 e. The normalized spacial score (nSPS) is 15.6. The van der Waals surface area contributed by atoms with Gasteiger partial charge in [0.25, 0.3) is 0 Å². The van der Waals surface area contributed by atoms with Crippen molar-refractivity contribution in [1.82, 2.24) is 4.57 Å². The number of aromatic nitrogens is 1. The largest absolute Gasteiger partial charge is 0.493 e. The molecule has 0 radical (unpaired) electrons. The number of rotatable bonds is 5. The molecule has 0 saturated heterocycles. The number of ether oxygens (including phenoxy) is 2. The minimum absolute atomic E-state index is 0.00298. The van der Waals surface area contributed by atoms with E-state index in [4.69, 9.17) is 14.5 Å². The van der Waals surface area contributed by atoms with Gasteiger partial charge >= 0.3 is 0 Å². The average Bonchev–Trinajstić information content (AvgIpc) is 2.68. The molecular formula is C22H28N2O3. The summed E-state index contributed by atoms with van der Waals surface area (Å²) in [6.07, 6.45) is 8.06. The lowest BCUT2D eigenvalue weighted by molar-refractivity contribution is 0.0908. The number of hydrogen-bond acceptors (Lipinski definition) is 4. The van der Waals surface area contributed by atoms with Gasteiger partial charge in [-0.15, -0.1) is 0 Å². The molecule has 0 spiro atoms. The molecule has 0 amide bonds. The van der Waals surface area contributed by atoms with Gasteiger partial charge in [0.15, 0.2) is 11.5 Å². The summed E-state index contributed by atoms with van der Waals surface area (Å²) in [5.41, 5.74) is 2.75. The molecule has 2 aromatic rings. The molecule has 0 aliphatic heterocycles. The quantitative estimate of drug-likeness (QED) is 0.803. The van der Waals surface area contributed by atoms with E-state index in [0.29, 0.717) is 17.5 Å². The average molecular weight is 368 g/mol. The molecule has 1 heterocycles. The zero-order valence-corrected chi connectivity index (χ0v) is 16.4. The van der Waals surface area contributed by atoms with Crippen LogP contribution in [-0.4, -0.2) is 30.7 Å². The Bertz CT molecular complexity index is 864. The first-order valence-electron chi connectivity index (χ1n) is 9.58. The van der Waals surface area contributed by atoms with Crippen LogP contribution in [0.15, 0.2) is 41.5 Å². The van der Waals surface area contributed by atoms with Gasteiger partial charge < -0.3 is 9.47 Å². The van der Waals surface area contributed by atoms with E-state index in [2.05, 4.69) is 0 Å². The maximum atomic E-state index is 13.0. The second-order valence-corrected chi connectivity index (χ2v) is 7.11. The van der Waals surface area contributed by atoms with Gasteiger partial charge in [-0.3, -0.25) is 14.4 Å². The zero-order valence-electron chi connectivity index (χ0n) is 16.4. The molecule has 27 heavy (non-hydrogen) atoms. The number of pyridine rings is 1. The molecule has 0 N–H and O–H groups in total. The van der Waals surface area contributed by atoms with E-state index in [9.17, 15) is 4.79 Å².